The molecule has 3 atom stereocenters. The number of carboxylic acid groups (broad SMARTS) is 1. The number of carbonyl (C=O) groups excluding carboxylic acids is 2. The predicted molar refractivity (Wildman–Crippen MR) is 109 cm³/mol. The Hall–Kier alpha value is -3.15. The first kappa shape index (κ1) is 19.2. The molecule has 150 valence electrons. The highest BCUT2D eigenvalue weighted by atomic mass is 16.4. The van der Waals surface area contributed by atoms with E-state index in [0.717, 1.165) is 16.3 Å². The summed E-state index contributed by atoms with van der Waals surface area (Å²) in [4.78, 5) is 39.3. The average Bonchev–Trinajstić information content (AvgIpc) is 3.14. The summed E-state index contributed by atoms with van der Waals surface area (Å²) in [5.41, 5.74) is 1.51. The molecule has 6 nitrogen and oxygen atoms in total. The zero-order valence-corrected chi connectivity index (χ0v) is 16.3. The Labute approximate surface area is 169 Å². The zero-order chi connectivity index (χ0) is 20.5. The van der Waals surface area contributed by atoms with E-state index in [9.17, 15) is 19.5 Å². The molecule has 2 aliphatic rings. The van der Waals surface area contributed by atoms with Crippen LogP contribution < -0.4 is 5.32 Å². The maximum absolute atomic E-state index is 13.2. The summed E-state index contributed by atoms with van der Waals surface area (Å²) in [7, 11) is 0. The number of hydrogen-bond acceptors (Lipinski definition) is 3. The number of nitrogens with zero attached hydrogens (tertiary/aromatic N) is 1. The summed E-state index contributed by atoms with van der Waals surface area (Å²) < 4.78 is 0. The third-order valence-corrected chi connectivity index (χ3v) is 5.92. The summed E-state index contributed by atoms with van der Waals surface area (Å²) in [6.07, 6.45) is 4.21. The van der Waals surface area contributed by atoms with Crippen LogP contribution in [0.3, 0.4) is 0 Å². The Kier molecular flexibility index (Phi) is 5.09. The Morgan fingerprint density at radius 1 is 1.10 bits per heavy atom. The molecule has 2 heterocycles. The van der Waals surface area contributed by atoms with Crippen LogP contribution in [0.15, 0.2) is 54.1 Å². The van der Waals surface area contributed by atoms with Crippen LogP contribution in [0.1, 0.15) is 43.0 Å². The van der Waals surface area contributed by atoms with Gasteiger partial charge in [0.2, 0.25) is 5.91 Å². The van der Waals surface area contributed by atoms with Gasteiger partial charge in [-0.25, -0.2) is 4.79 Å². The van der Waals surface area contributed by atoms with Crippen LogP contribution >= 0.6 is 0 Å². The van der Waals surface area contributed by atoms with Crippen molar-refractivity contribution in [1.29, 1.82) is 0 Å². The number of benzene rings is 2. The third kappa shape index (κ3) is 3.75. The van der Waals surface area contributed by atoms with Gasteiger partial charge in [0.1, 0.15) is 12.1 Å². The molecule has 0 saturated carbocycles. The number of carbonyl (C=O) groups is 3. The van der Waals surface area contributed by atoms with Gasteiger partial charge in [-0.05, 0) is 55.5 Å². The fraction of sp³-hybridized carbons (Fsp3) is 0.348. The summed E-state index contributed by atoms with van der Waals surface area (Å²) in [5.74, 6) is -1.62. The molecule has 2 amide bonds. The van der Waals surface area contributed by atoms with Gasteiger partial charge in [-0.3, -0.25) is 9.59 Å². The Bertz CT molecular complexity index is 1010. The van der Waals surface area contributed by atoms with Gasteiger partial charge in [0.25, 0.3) is 5.91 Å². The molecule has 0 bridgehead atoms. The van der Waals surface area contributed by atoms with Crippen LogP contribution in [-0.2, 0) is 9.59 Å². The van der Waals surface area contributed by atoms with Crippen molar-refractivity contribution in [2.75, 3.05) is 0 Å². The van der Waals surface area contributed by atoms with Crippen molar-refractivity contribution in [1.82, 2.24) is 10.2 Å². The van der Waals surface area contributed by atoms with E-state index in [1.165, 1.54) is 4.90 Å². The number of hydrogen-bond donors (Lipinski definition) is 2. The topological polar surface area (TPSA) is 86.7 Å². The van der Waals surface area contributed by atoms with E-state index in [-0.39, 0.29) is 17.9 Å². The highest BCUT2D eigenvalue weighted by Gasteiger charge is 2.43. The van der Waals surface area contributed by atoms with Crippen LogP contribution in [0.4, 0.5) is 0 Å². The molecular formula is C23H24N2O4. The van der Waals surface area contributed by atoms with E-state index in [1.54, 1.807) is 12.1 Å². The number of carboxylic acids is 1. The van der Waals surface area contributed by atoms with Gasteiger partial charge in [0, 0.05) is 11.6 Å². The lowest BCUT2D eigenvalue weighted by atomic mass is 9.98. The van der Waals surface area contributed by atoms with Crippen LogP contribution in [0.2, 0.25) is 0 Å². The van der Waals surface area contributed by atoms with Crippen molar-refractivity contribution < 1.29 is 19.5 Å². The summed E-state index contributed by atoms with van der Waals surface area (Å²) >= 11 is 0. The van der Waals surface area contributed by atoms with E-state index < -0.39 is 18.1 Å². The van der Waals surface area contributed by atoms with Crippen LogP contribution in [-0.4, -0.2) is 45.9 Å². The number of fused-ring (bicyclic) bond motifs is 2. The molecule has 0 spiro atoms. The Morgan fingerprint density at radius 2 is 1.86 bits per heavy atom. The van der Waals surface area contributed by atoms with Crippen molar-refractivity contribution >= 4 is 28.6 Å². The number of aliphatic carboxylic acids is 1. The lowest BCUT2D eigenvalue weighted by Gasteiger charge is -2.33. The van der Waals surface area contributed by atoms with Gasteiger partial charge >= 0.3 is 5.97 Å². The molecule has 2 aliphatic heterocycles. The van der Waals surface area contributed by atoms with Gasteiger partial charge in [0.05, 0.1) is 0 Å². The summed E-state index contributed by atoms with van der Waals surface area (Å²) in [5, 5.41) is 14.4. The molecule has 0 aromatic heterocycles. The summed E-state index contributed by atoms with van der Waals surface area (Å²) in [6, 6.07) is 11.5. The fourth-order valence-corrected chi connectivity index (χ4v) is 4.39. The quantitative estimate of drug-likeness (QED) is 0.786. The maximum atomic E-state index is 13.2. The largest absolute Gasteiger partial charge is 0.480 e. The first-order valence-corrected chi connectivity index (χ1v) is 9.94. The first-order chi connectivity index (χ1) is 13.9. The van der Waals surface area contributed by atoms with Gasteiger partial charge in [-0.15, -0.1) is 0 Å². The average molecular weight is 392 g/mol. The fourth-order valence-electron chi connectivity index (χ4n) is 4.39. The molecule has 0 aliphatic carbocycles. The number of rotatable bonds is 3. The highest BCUT2D eigenvalue weighted by Crippen LogP contribution is 2.31. The standard InChI is InChI=1S/C23H24N2O4/c1-14-6-9-18-10-11-20(23(28)29)25(18)22(27)19(12-14)24-21(26)17-8-7-15-4-2-3-5-16(15)13-17/h2-8,13,18-20H,9-12H2,1H3,(H,24,26)(H,28,29)/b14-6-. The Balaban J connectivity index is 1.60. The molecular weight excluding hydrogens is 368 g/mol. The minimum Gasteiger partial charge on any atom is -0.480 e. The van der Waals surface area contributed by atoms with Gasteiger partial charge in [0.15, 0.2) is 0 Å². The second-order valence-electron chi connectivity index (χ2n) is 7.91. The zero-order valence-electron chi connectivity index (χ0n) is 16.3. The lowest BCUT2D eigenvalue weighted by Crippen LogP contribution is -2.54. The number of nitrogens with one attached hydrogen (secondary N) is 1. The SMILES string of the molecule is C/C1=C/CC2CCC(C(=O)O)N2C(=O)C(NC(=O)c2ccc3ccccc3c2)C1. The van der Waals surface area contributed by atoms with Crippen molar-refractivity contribution in [3.05, 3.63) is 59.7 Å². The minimum absolute atomic E-state index is 0.126. The molecule has 2 aromatic rings. The van der Waals surface area contributed by atoms with E-state index in [4.69, 9.17) is 0 Å². The molecule has 29 heavy (non-hydrogen) atoms. The second kappa shape index (κ2) is 7.70. The molecule has 1 saturated heterocycles. The normalized spacial score (nSPS) is 26.2. The van der Waals surface area contributed by atoms with E-state index in [2.05, 4.69) is 11.4 Å². The van der Waals surface area contributed by atoms with Crippen molar-refractivity contribution in [2.24, 2.45) is 0 Å². The second-order valence-corrected chi connectivity index (χ2v) is 7.91. The lowest BCUT2D eigenvalue weighted by molar-refractivity contribution is -0.150. The summed E-state index contributed by atoms with van der Waals surface area (Å²) in [6.45, 7) is 1.95. The molecule has 0 radical (unpaired) electrons. The smallest absolute Gasteiger partial charge is 0.326 e. The van der Waals surface area contributed by atoms with E-state index in [0.29, 0.717) is 31.2 Å². The van der Waals surface area contributed by atoms with Crippen LogP contribution in [0.5, 0.6) is 0 Å². The van der Waals surface area contributed by atoms with Crippen molar-refractivity contribution in [2.45, 2.75) is 50.7 Å². The molecule has 2 aromatic carbocycles. The van der Waals surface area contributed by atoms with E-state index in [1.807, 2.05) is 37.3 Å². The van der Waals surface area contributed by atoms with Crippen LogP contribution in [0.25, 0.3) is 10.8 Å². The Morgan fingerprint density at radius 3 is 2.62 bits per heavy atom. The molecule has 3 unspecified atom stereocenters. The number of amides is 2. The molecule has 1 fully saturated rings. The van der Waals surface area contributed by atoms with Gasteiger partial charge < -0.3 is 15.3 Å². The third-order valence-electron chi connectivity index (χ3n) is 5.92. The predicted octanol–water partition coefficient (Wildman–Crippen LogP) is 3.12. The molecule has 6 heteroatoms. The first-order valence-electron chi connectivity index (χ1n) is 9.94. The van der Waals surface area contributed by atoms with E-state index >= 15 is 0 Å². The molecule has 2 N–H and O–H groups in total. The minimum atomic E-state index is -0.985. The maximum Gasteiger partial charge on any atom is 0.326 e. The van der Waals surface area contributed by atoms with Crippen molar-refractivity contribution in [3.63, 3.8) is 0 Å². The molecule has 4 rings (SSSR count). The highest BCUT2D eigenvalue weighted by molar-refractivity contribution is 6.01. The van der Waals surface area contributed by atoms with Gasteiger partial charge in [-0.1, -0.05) is 42.0 Å². The van der Waals surface area contributed by atoms with Crippen LogP contribution in [0, 0.1) is 0 Å². The van der Waals surface area contributed by atoms with Gasteiger partial charge in [-0.2, -0.15) is 0 Å². The monoisotopic (exact) mass is 392 g/mol. The van der Waals surface area contributed by atoms with Crippen molar-refractivity contribution in [3.8, 4) is 0 Å².